The molecule has 1 heterocycles. The number of Topliss-reactive ketones (excluding diaryl/α,β-unsaturated/α-hetero) is 1. The normalized spacial score (nSPS) is 15.2. The van der Waals surface area contributed by atoms with Crippen molar-refractivity contribution < 1.29 is 22.7 Å². The van der Waals surface area contributed by atoms with Gasteiger partial charge in [0.2, 0.25) is 0 Å². The van der Waals surface area contributed by atoms with Crippen LogP contribution in [0.5, 0.6) is 5.75 Å². The van der Waals surface area contributed by atoms with Crippen molar-refractivity contribution in [1.82, 2.24) is 4.57 Å². The van der Waals surface area contributed by atoms with Gasteiger partial charge in [-0.25, -0.2) is 0 Å². The number of carbonyl (C=O) groups excluding carboxylic acids is 1. The smallest absolute Gasteiger partial charge is 0.416 e. The minimum absolute atomic E-state index is 0.0148. The third kappa shape index (κ3) is 5.55. The lowest BCUT2D eigenvalue weighted by molar-refractivity contribution is -0.138. The summed E-state index contributed by atoms with van der Waals surface area (Å²) in [6, 6.07) is 9.94. The number of ketones is 1. The Hall–Kier alpha value is -2.47. The number of hydrogen-bond acceptors (Lipinski definition) is 2. The van der Waals surface area contributed by atoms with Gasteiger partial charge in [-0.3, -0.25) is 4.79 Å². The largest absolute Gasteiger partial charge is 0.489 e. The van der Waals surface area contributed by atoms with Gasteiger partial charge in [0.15, 0.2) is 0 Å². The van der Waals surface area contributed by atoms with Crippen LogP contribution in [0.4, 0.5) is 13.2 Å². The van der Waals surface area contributed by atoms with Gasteiger partial charge in [-0.1, -0.05) is 43.0 Å². The molecule has 1 fully saturated rings. The Kier molecular flexibility index (Phi) is 7.03. The van der Waals surface area contributed by atoms with E-state index in [1.54, 1.807) is 25.1 Å². The zero-order valence-electron chi connectivity index (χ0n) is 18.6. The molecule has 1 aliphatic rings. The quantitative estimate of drug-likeness (QED) is 0.346. The van der Waals surface area contributed by atoms with Gasteiger partial charge in [0.05, 0.1) is 16.1 Å². The molecule has 7 heteroatoms. The number of alkyl halides is 3. The molecule has 1 saturated carbocycles. The Balaban J connectivity index is 1.53. The maximum Gasteiger partial charge on any atom is 0.416 e. The van der Waals surface area contributed by atoms with Crippen molar-refractivity contribution in [3.05, 3.63) is 64.3 Å². The summed E-state index contributed by atoms with van der Waals surface area (Å²) in [5.74, 6) is 0.556. The zero-order valence-corrected chi connectivity index (χ0v) is 19.3. The van der Waals surface area contributed by atoms with Gasteiger partial charge in [0.25, 0.3) is 0 Å². The van der Waals surface area contributed by atoms with Crippen LogP contribution in [0, 0.1) is 0 Å². The molecule has 0 saturated heterocycles. The lowest BCUT2D eigenvalue weighted by Crippen LogP contribution is -2.15. The first-order valence-corrected chi connectivity index (χ1v) is 11.7. The Labute approximate surface area is 196 Å². The van der Waals surface area contributed by atoms with Gasteiger partial charge >= 0.3 is 6.18 Å². The average Bonchev–Trinajstić information content (AvgIpc) is 3.19. The first-order chi connectivity index (χ1) is 15.7. The van der Waals surface area contributed by atoms with E-state index in [1.807, 2.05) is 22.9 Å². The van der Waals surface area contributed by atoms with E-state index in [2.05, 4.69) is 0 Å². The van der Waals surface area contributed by atoms with Gasteiger partial charge in [-0.15, -0.1) is 0 Å². The van der Waals surface area contributed by atoms with E-state index in [0.717, 1.165) is 43.0 Å². The van der Waals surface area contributed by atoms with Gasteiger partial charge in [-0.2, -0.15) is 13.2 Å². The molecule has 33 heavy (non-hydrogen) atoms. The molecule has 0 radical (unpaired) electrons. The van der Waals surface area contributed by atoms with E-state index in [4.69, 9.17) is 16.3 Å². The van der Waals surface area contributed by atoms with Crippen LogP contribution in [-0.2, 0) is 24.1 Å². The number of aromatic nitrogens is 1. The fourth-order valence-electron chi connectivity index (χ4n) is 4.69. The monoisotopic (exact) mass is 477 g/mol. The van der Waals surface area contributed by atoms with Crippen LogP contribution in [0.15, 0.2) is 42.6 Å². The van der Waals surface area contributed by atoms with E-state index < -0.39 is 11.7 Å². The van der Waals surface area contributed by atoms with Gasteiger partial charge in [0, 0.05) is 30.6 Å². The number of aryl methyl sites for hydroxylation is 1. The molecule has 0 atom stereocenters. The second-order valence-electron chi connectivity index (χ2n) is 8.85. The van der Waals surface area contributed by atoms with Crippen molar-refractivity contribution in [2.24, 2.45) is 0 Å². The molecule has 2 aromatic carbocycles. The summed E-state index contributed by atoms with van der Waals surface area (Å²) < 4.78 is 49.2. The summed E-state index contributed by atoms with van der Waals surface area (Å²) in [6.07, 6.45) is 2.55. The highest BCUT2D eigenvalue weighted by molar-refractivity contribution is 6.35. The van der Waals surface area contributed by atoms with Crippen LogP contribution in [0.1, 0.15) is 68.1 Å². The molecule has 0 spiro atoms. The summed E-state index contributed by atoms with van der Waals surface area (Å²) in [6.45, 7) is 2.10. The Bertz CT molecular complexity index is 1150. The fraction of sp³-hybridized carbons (Fsp3) is 0.423. The maximum atomic E-state index is 13.8. The summed E-state index contributed by atoms with van der Waals surface area (Å²) in [5.41, 5.74) is 1.13. The van der Waals surface area contributed by atoms with E-state index in [1.165, 1.54) is 6.07 Å². The molecule has 0 N–H and O–H groups in total. The van der Waals surface area contributed by atoms with Crippen molar-refractivity contribution in [2.75, 3.05) is 0 Å². The number of benzene rings is 2. The molecule has 0 aliphatic heterocycles. The van der Waals surface area contributed by atoms with Crippen LogP contribution in [-0.4, -0.2) is 10.4 Å². The minimum atomic E-state index is -4.40. The summed E-state index contributed by atoms with van der Waals surface area (Å²) in [4.78, 5) is 11.3. The predicted molar refractivity (Wildman–Crippen MR) is 124 cm³/mol. The Morgan fingerprint density at radius 2 is 1.88 bits per heavy atom. The van der Waals surface area contributed by atoms with Crippen molar-refractivity contribution >= 4 is 28.3 Å². The first-order valence-electron chi connectivity index (χ1n) is 11.3. The number of carbonyl (C=O) groups is 1. The van der Waals surface area contributed by atoms with Crippen LogP contribution in [0.3, 0.4) is 0 Å². The number of fused-ring (bicyclic) bond motifs is 1. The third-order valence-electron chi connectivity index (χ3n) is 6.37. The summed E-state index contributed by atoms with van der Waals surface area (Å²) in [5, 5.41) is 1.32. The average molecular weight is 478 g/mol. The molecule has 0 unspecified atom stereocenters. The van der Waals surface area contributed by atoms with Crippen molar-refractivity contribution in [3.63, 3.8) is 0 Å². The molecule has 3 nitrogen and oxygen atoms in total. The van der Waals surface area contributed by atoms with E-state index in [-0.39, 0.29) is 18.3 Å². The third-order valence-corrected chi connectivity index (χ3v) is 6.65. The van der Waals surface area contributed by atoms with E-state index in [0.29, 0.717) is 34.9 Å². The second-order valence-corrected chi connectivity index (χ2v) is 9.25. The highest BCUT2D eigenvalue weighted by Crippen LogP contribution is 2.41. The first kappa shape index (κ1) is 23.7. The predicted octanol–water partition coefficient (Wildman–Crippen LogP) is 7.92. The van der Waals surface area contributed by atoms with Crippen LogP contribution >= 0.6 is 11.6 Å². The highest BCUT2D eigenvalue weighted by atomic mass is 35.5. The Morgan fingerprint density at radius 3 is 2.58 bits per heavy atom. The standard InChI is InChI=1S/C26H27ClF3NO2/c1-17(32)9-11-31-12-10-20-14-21(15-24(27)25(20)31)33-16-18-7-8-22(19-5-3-2-4-6-19)23(13-18)26(28,29)30/h7-8,10,12-15,19H,2-6,9,11,16H2,1H3. The van der Waals surface area contributed by atoms with Gasteiger partial charge in [0.1, 0.15) is 18.1 Å². The number of ether oxygens (including phenoxy) is 1. The molecule has 0 bridgehead atoms. The Morgan fingerprint density at radius 1 is 1.12 bits per heavy atom. The van der Waals surface area contributed by atoms with Crippen molar-refractivity contribution in [2.45, 2.75) is 70.7 Å². The molecular weight excluding hydrogens is 451 g/mol. The number of hydrogen-bond donors (Lipinski definition) is 0. The van der Waals surface area contributed by atoms with Gasteiger partial charge in [-0.05, 0) is 55.0 Å². The number of nitrogens with zero attached hydrogens (tertiary/aromatic N) is 1. The highest BCUT2D eigenvalue weighted by Gasteiger charge is 2.35. The molecule has 0 amide bonds. The van der Waals surface area contributed by atoms with E-state index in [9.17, 15) is 18.0 Å². The summed E-state index contributed by atoms with van der Waals surface area (Å²) >= 11 is 6.46. The number of halogens is 4. The lowest BCUT2D eigenvalue weighted by Gasteiger charge is -2.25. The van der Waals surface area contributed by atoms with Crippen LogP contribution in [0.25, 0.3) is 10.9 Å². The molecule has 176 valence electrons. The summed E-state index contributed by atoms with van der Waals surface area (Å²) in [7, 11) is 0. The van der Waals surface area contributed by atoms with Gasteiger partial charge < -0.3 is 9.30 Å². The fourth-order valence-corrected chi connectivity index (χ4v) is 5.02. The second kappa shape index (κ2) is 9.80. The minimum Gasteiger partial charge on any atom is -0.489 e. The topological polar surface area (TPSA) is 31.2 Å². The molecule has 3 aromatic rings. The lowest BCUT2D eigenvalue weighted by atomic mass is 9.81. The molecule has 4 rings (SSSR count). The molecule has 1 aliphatic carbocycles. The SMILES string of the molecule is CC(=O)CCn1ccc2cc(OCc3ccc(C4CCCCC4)c(C(F)(F)F)c3)cc(Cl)c21. The maximum absolute atomic E-state index is 13.8. The zero-order chi connectivity index (χ0) is 23.6. The van der Waals surface area contributed by atoms with Crippen molar-refractivity contribution in [1.29, 1.82) is 0 Å². The molecule has 1 aromatic heterocycles. The van der Waals surface area contributed by atoms with E-state index >= 15 is 0 Å². The van der Waals surface area contributed by atoms with Crippen molar-refractivity contribution in [3.8, 4) is 5.75 Å². The van der Waals surface area contributed by atoms with Crippen LogP contribution in [0.2, 0.25) is 5.02 Å². The number of rotatable bonds is 7. The molecular formula is C26H27ClF3NO2. The van der Waals surface area contributed by atoms with Crippen LogP contribution < -0.4 is 4.74 Å².